The number of thioether (sulfide) groups is 1. The van der Waals surface area contributed by atoms with Crippen molar-refractivity contribution >= 4 is 35.0 Å². The lowest BCUT2D eigenvalue weighted by atomic mass is 10.1. The number of nitrogen functional groups attached to an aromatic ring is 1. The van der Waals surface area contributed by atoms with Crippen molar-refractivity contribution in [3.63, 3.8) is 0 Å². The maximum Gasteiger partial charge on any atom is 0.234 e. The fourth-order valence-electron chi connectivity index (χ4n) is 2.80. The SMILES string of the molecule is Cc1ccc(Cl)cc1NC(=O)CSc1nnc(-c2cc(-c3ccccc3)n[nH]2)n1N. The number of hydrogen-bond donors (Lipinski definition) is 3. The van der Waals surface area contributed by atoms with Crippen LogP contribution in [0.4, 0.5) is 5.69 Å². The van der Waals surface area contributed by atoms with Crippen LogP contribution in [0.3, 0.4) is 0 Å². The van der Waals surface area contributed by atoms with Gasteiger partial charge in [-0.1, -0.05) is 59.8 Å². The first kappa shape index (κ1) is 20.0. The predicted octanol–water partition coefficient (Wildman–Crippen LogP) is 3.74. The predicted molar refractivity (Wildman–Crippen MR) is 119 cm³/mol. The van der Waals surface area contributed by atoms with E-state index in [1.165, 1.54) is 16.4 Å². The first-order valence-corrected chi connectivity index (χ1v) is 10.4. The van der Waals surface area contributed by atoms with Crippen LogP contribution in [-0.4, -0.2) is 36.7 Å². The number of H-pyrrole nitrogens is 1. The van der Waals surface area contributed by atoms with E-state index in [0.29, 0.717) is 27.4 Å². The number of nitrogens with two attached hydrogens (primary N) is 1. The molecule has 4 aromatic rings. The van der Waals surface area contributed by atoms with Gasteiger partial charge in [0.1, 0.15) is 5.69 Å². The summed E-state index contributed by atoms with van der Waals surface area (Å²) in [6.45, 7) is 1.90. The topological polar surface area (TPSA) is 115 Å². The molecule has 2 heterocycles. The lowest BCUT2D eigenvalue weighted by molar-refractivity contribution is -0.113. The third kappa shape index (κ3) is 4.32. The van der Waals surface area contributed by atoms with Crippen molar-refractivity contribution in [1.82, 2.24) is 25.1 Å². The molecular formula is C20H18ClN7OS. The van der Waals surface area contributed by atoms with Gasteiger partial charge in [-0.05, 0) is 30.7 Å². The average Bonchev–Trinajstić information content (AvgIpc) is 3.37. The van der Waals surface area contributed by atoms with E-state index in [1.807, 2.05) is 49.4 Å². The highest BCUT2D eigenvalue weighted by molar-refractivity contribution is 7.99. The maximum atomic E-state index is 12.3. The number of nitrogens with one attached hydrogen (secondary N) is 2. The van der Waals surface area contributed by atoms with Crippen molar-refractivity contribution < 1.29 is 4.79 Å². The molecule has 0 unspecified atom stereocenters. The van der Waals surface area contributed by atoms with E-state index in [1.54, 1.807) is 12.1 Å². The summed E-state index contributed by atoms with van der Waals surface area (Å²) in [5.74, 6) is 6.50. The molecule has 4 N–H and O–H groups in total. The first-order chi connectivity index (χ1) is 14.5. The minimum atomic E-state index is -0.192. The monoisotopic (exact) mass is 439 g/mol. The number of rotatable bonds is 6. The Morgan fingerprint density at radius 3 is 2.80 bits per heavy atom. The van der Waals surface area contributed by atoms with Gasteiger partial charge < -0.3 is 11.2 Å². The van der Waals surface area contributed by atoms with E-state index < -0.39 is 0 Å². The Kier molecular flexibility index (Phi) is 5.73. The van der Waals surface area contributed by atoms with Gasteiger partial charge in [0, 0.05) is 16.3 Å². The molecule has 0 aliphatic rings. The van der Waals surface area contributed by atoms with Crippen LogP contribution in [0.1, 0.15) is 5.56 Å². The highest BCUT2D eigenvalue weighted by Gasteiger charge is 2.16. The molecule has 8 nitrogen and oxygen atoms in total. The molecule has 0 saturated heterocycles. The summed E-state index contributed by atoms with van der Waals surface area (Å²) in [5, 5.41) is 19.3. The smallest absolute Gasteiger partial charge is 0.234 e. The molecule has 0 radical (unpaired) electrons. The van der Waals surface area contributed by atoms with Crippen LogP contribution in [0.2, 0.25) is 5.02 Å². The molecule has 0 aliphatic heterocycles. The molecule has 152 valence electrons. The van der Waals surface area contributed by atoms with Gasteiger partial charge >= 0.3 is 0 Å². The standard InChI is InChI=1S/C20H18ClN7OS/c1-12-7-8-14(21)9-15(12)23-18(29)11-30-20-27-26-19(28(20)22)17-10-16(24-25-17)13-5-3-2-4-6-13/h2-10H,11,22H2,1H3,(H,23,29)(H,24,25). The third-order valence-corrected chi connectivity index (χ3v) is 5.54. The van der Waals surface area contributed by atoms with Crippen LogP contribution in [0.15, 0.2) is 59.8 Å². The van der Waals surface area contributed by atoms with Gasteiger partial charge in [-0.2, -0.15) is 5.10 Å². The van der Waals surface area contributed by atoms with Crippen molar-refractivity contribution in [3.8, 4) is 22.8 Å². The molecule has 0 aliphatic carbocycles. The average molecular weight is 440 g/mol. The normalized spacial score (nSPS) is 10.9. The summed E-state index contributed by atoms with van der Waals surface area (Å²) >= 11 is 7.18. The van der Waals surface area contributed by atoms with E-state index >= 15 is 0 Å². The summed E-state index contributed by atoms with van der Waals surface area (Å²) in [7, 11) is 0. The molecule has 2 aromatic carbocycles. The molecule has 0 atom stereocenters. The zero-order valence-corrected chi connectivity index (χ0v) is 17.5. The van der Waals surface area contributed by atoms with E-state index in [-0.39, 0.29) is 11.7 Å². The number of halogens is 1. The summed E-state index contributed by atoms with van der Waals surface area (Å²) in [6.07, 6.45) is 0. The molecule has 10 heteroatoms. The number of aromatic nitrogens is 5. The zero-order chi connectivity index (χ0) is 21.1. The van der Waals surface area contributed by atoms with Crippen LogP contribution in [-0.2, 0) is 4.79 Å². The number of aryl methyl sites for hydroxylation is 1. The van der Waals surface area contributed by atoms with Crippen molar-refractivity contribution in [2.75, 3.05) is 16.9 Å². The number of hydrogen-bond acceptors (Lipinski definition) is 6. The lowest BCUT2D eigenvalue weighted by Crippen LogP contribution is -2.17. The van der Waals surface area contributed by atoms with Crippen LogP contribution in [0.25, 0.3) is 22.8 Å². The van der Waals surface area contributed by atoms with E-state index in [2.05, 4.69) is 25.7 Å². The number of aromatic amines is 1. The quantitative estimate of drug-likeness (QED) is 0.311. The number of anilines is 1. The summed E-state index contributed by atoms with van der Waals surface area (Å²) in [6, 6.07) is 17.0. The zero-order valence-electron chi connectivity index (χ0n) is 16.0. The molecule has 1 amide bonds. The van der Waals surface area contributed by atoms with Crippen molar-refractivity contribution in [1.29, 1.82) is 0 Å². The minimum Gasteiger partial charge on any atom is -0.335 e. The lowest BCUT2D eigenvalue weighted by Gasteiger charge is -2.08. The minimum absolute atomic E-state index is 0.125. The Balaban J connectivity index is 1.43. The summed E-state index contributed by atoms with van der Waals surface area (Å²) < 4.78 is 1.34. The number of carbonyl (C=O) groups excluding carboxylic acids is 1. The van der Waals surface area contributed by atoms with Gasteiger partial charge in [0.2, 0.25) is 16.9 Å². The van der Waals surface area contributed by atoms with E-state index in [0.717, 1.165) is 16.8 Å². The summed E-state index contributed by atoms with van der Waals surface area (Å²) in [5.41, 5.74) is 3.99. The molecule has 0 bridgehead atoms. The molecule has 2 aromatic heterocycles. The Labute approximate surface area is 181 Å². The van der Waals surface area contributed by atoms with Crippen molar-refractivity contribution in [2.45, 2.75) is 12.1 Å². The van der Waals surface area contributed by atoms with Gasteiger partial charge in [0.15, 0.2) is 0 Å². The molecular weight excluding hydrogens is 422 g/mol. The number of carbonyl (C=O) groups is 1. The third-order valence-electron chi connectivity index (χ3n) is 4.36. The van der Waals surface area contributed by atoms with Gasteiger partial charge in [-0.15, -0.1) is 10.2 Å². The molecule has 30 heavy (non-hydrogen) atoms. The Hall–Kier alpha value is -3.30. The van der Waals surface area contributed by atoms with E-state index in [4.69, 9.17) is 17.4 Å². The van der Waals surface area contributed by atoms with Gasteiger partial charge in [-0.25, -0.2) is 4.68 Å². The highest BCUT2D eigenvalue weighted by atomic mass is 35.5. The second kappa shape index (κ2) is 8.60. The molecule has 0 spiro atoms. The highest BCUT2D eigenvalue weighted by Crippen LogP contribution is 2.25. The first-order valence-electron chi connectivity index (χ1n) is 9.02. The fraction of sp³-hybridized carbons (Fsp3) is 0.100. The number of nitrogens with zero attached hydrogens (tertiary/aromatic N) is 4. The summed E-state index contributed by atoms with van der Waals surface area (Å²) in [4.78, 5) is 12.3. The van der Waals surface area contributed by atoms with Crippen LogP contribution in [0.5, 0.6) is 0 Å². The second-order valence-corrected chi connectivity index (χ2v) is 7.88. The number of benzene rings is 2. The Morgan fingerprint density at radius 1 is 1.20 bits per heavy atom. The fourth-order valence-corrected chi connectivity index (χ4v) is 3.63. The van der Waals surface area contributed by atoms with Crippen LogP contribution >= 0.6 is 23.4 Å². The number of amides is 1. The van der Waals surface area contributed by atoms with Crippen molar-refractivity contribution in [2.24, 2.45) is 0 Å². The molecule has 4 rings (SSSR count). The Bertz CT molecular complexity index is 1190. The van der Waals surface area contributed by atoms with Crippen LogP contribution < -0.4 is 11.2 Å². The Morgan fingerprint density at radius 2 is 2.00 bits per heavy atom. The van der Waals surface area contributed by atoms with Crippen LogP contribution in [0, 0.1) is 6.92 Å². The van der Waals surface area contributed by atoms with Gasteiger partial charge in [-0.3, -0.25) is 9.89 Å². The maximum absolute atomic E-state index is 12.3. The molecule has 0 fully saturated rings. The molecule has 0 saturated carbocycles. The van der Waals surface area contributed by atoms with Gasteiger partial charge in [0.05, 0.1) is 11.4 Å². The van der Waals surface area contributed by atoms with E-state index in [9.17, 15) is 4.79 Å². The van der Waals surface area contributed by atoms with Crippen molar-refractivity contribution in [3.05, 3.63) is 65.2 Å². The largest absolute Gasteiger partial charge is 0.335 e. The van der Waals surface area contributed by atoms with Gasteiger partial charge in [0.25, 0.3) is 0 Å². The second-order valence-electron chi connectivity index (χ2n) is 6.51.